The van der Waals surface area contributed by atoms with E-state index in [9.17, 15) is 0 Å². The molecule has 0 amide bonds. The zero-order chi connectivity index (χ0) is 14.0. The molecule has 0 saturated carbocycles. The third-order valence-electron chi connectivity index (χ3n) is 3.37. The van der Waals surface area contributed by atoms with Gasteiger partial charge >= 0.3 is 0 Å². The van der Waals surface area contributed by atoms with Crippen LogP contribution in [-0.2, 0) is 0 Å². The number of allylic oxidation sites excluding steroid dienone is 1. The van der Waals surface area contributed by atoms with Crippen LogP contribution >= 0.6 is 0 Å². The summed E-state index contributed by atoms with van der Waals surface area (Å²) < 4.78 is 0. The molecule has 1 heteroatoms. The van der Waals surface area contributed by atoms with Crippen LogP contribution in [0, 0.1) is 5.92 Å². The lowest BCUT2D eigenvalue weighted by atomic mass is 9.92. The summed E-state index contributed by atoms with van der Waals surface area (Å²) in [7, 11) is 0. The van der Waals surface area contributed by atoms with E-state index in [4.69, 9.17) is 0 Å². The predicted octanol–water partition coefficient (Wildman–Crippen LogP) is 5.09. The topological polar surface area (TPSA) is 12.0 Å². The van der Waals surface area contributed by atoms with E-state index in [-0.39, 0.29) is 0 Å². The molecule has 0 aromatic carbocycles. The van der Waals surface area contributed by atoms with Crippen LogP contribution < -0.4 is 5.32 Å². The molecule has 0 aromatic rings. The summed E-state index contributed by atoms with van der Waals surface area (Å²) in [5, 5.41) is 3.65. The highest BCUT2D eigenvalue weighted by atomic mass is 14.9. The fraction of sp³-hybridized carbons (Fsp3) is 0.765. The molecule has 1 N–H and O–H groups in total. The molecular weight excluding hydrogens is 218 g/mol. The smallest absolute Gasteiger partial charge is 0.0281 e. The van der Waals surface area contributed by atoms with E-state index in [1.807, 2.05) is 6.08 Å². The maximum Gasteiger partial charge on any atom is 0.0281 e. The molecule has 0 aliphatic heterocycles. The molecule has 0 aliphatic carbocycles. The maximum atomic E-state index is 4.26. The Labute approximate surface area is 115 Å². The minimum atomic E-state index is 0.490. The number of rotatable bonds is 11. The molecule has 0 radical (unpaired) electrons. The Kier molecular flexibility index (Phi) is 10.0. The van der Waals surface area contributed by atoms with E-state index in [1.54, 1.807) is 0 Å². The molecule has 1 atom stereocenters. The van der Waals surface area contributed by atoms with Gasteiger partial charge < -0.3 is 5.32 Å². The zero-order valence-electron chi connectivity index (χ0n) is 13.0. The Morgan fingerprint density at radius 3 is 2.17 bits per heavy atom. The van der Waals surface area contributed by atoms with Crippen LogP contribution in [0.1, 0.15) is 66.2 Å². The summed E-state index contributed by atoms with van der Waals surface area (Å²) in [4.78, 5) is 0. The number of hydrogen-bond donors (Lipinski definition) is 1. The van der Waals surface area contributed by atoms with E-state index in [0.29, 0.717) is 18.0 Å². The predicted molar refractivity (Wildman–Crippen MR) is 83.9 cm³/mol. The second-order valence-electron chi connectivity index (χ2n) is 5.88. The third-order valence-corrected chi connectivity index (χ3v) is 3.37. The Hall–Kier alpha value is -0.560. The van der Waals surface area contributed by atoms with Gasteiger partial charge in [-0.1, -0.05) is 65.2 Å². The van der Waals surface area contributed by atoms with Crippen molar-refractivity contribution in [2.75, 3.05) is 0 Å². The summed E-state index contributed by atoms with van der Waals surface area (Å²) >= 11 is 0. The molecule has 0 bridgehead atoms. The number of nitrogens with one attached hydrogen (secondary N) is 1. The molecule has 0 spiro atoms. The summed E-state index contributed by atoms with van der Waals surface area (Å²) in [6.45, 7) is 16.9. The normalized spacial score (nSPS) is 13.0. The zero-order valence-corrected chi connectivity index (χ0v) is 13.0. The van der Waals surface area contributed by atoms with Gasteiger partial charge in [0.2, 0.25) is 0 Å². The molecule has 1 unspecified atom stereocenters. The highest BCUT2D eigenvalue weighted by Gasteiger charge is 2.15. The average Bonchev–Trinajstić information content (AvgIpc) is 2.30. The van der Waals surface area contributed by atoms with E-state index >= 15 is 0 Å². The van der Waals surface area contributed by atoms with E-state index in [2.05, 4.69) is 46.2 Å². The van der Waals surface area contributed by atoms with Gasteiger partial charge in [-0.05, 0) is 25.2 Å². The Balaban J connectivity index is 3.94. The first-order chi connectivity index (χ1) is 8.49. The van der Waals surface area contributed by atoms with E-state index in [0.717, 1.165) is 6.42 Å². The molecule has 0 aliphatic rings. The van der Waals surface area contributed by atoms with Crippen LogP contribution in [0.5, 0.6) is 0 Å². The van der Waals surface area contributed by atoms with Gasteiger partial charge in [0.1, 0.15) is 0 Å². The lowest BCUT2D eigenvalue weighted by Crippen LogP contribution is -2.37. The van der Waals surface area contributed by atoms with Gasteiger partial charge in [-0.3, -0.25) is 0 Å². The minimum Gasteiger partial charge on any atom is -0.308 e. The van der Waals surface area contributed by atoms with Gasteiger partial charge in [0.25, 0.3) is 0 Å². The molecule has 0 fully saturated rings. The van der Waals surface area contributed by atoms with Crippen molar-refractivity contribution >= 4 is 0 Å². The average molecular weight is 251 g/mol. The first kappa shape index (κ1) is 17.4. The van der Waals surface area contributed by atoms with E-state index in [1.165, 1.54) is 37.7 Å². The van der Waals surface area contributed by atoms with Crippen LogP contribution in [-0.4, -0.2) is 12.1 Å². The molecule has 106 valence electrons. The Morgan fingerprint density at radius 2 is 1.67 bits per heavy atom. The van der Waals surface area contributed by atoms with Crippen molar-refractivity contribution in [3.05, 3.63) is 24.8 Å². The van der Waals surface area contributed by atoms with Crippen LogP contribution in [0.3, 0.4) is 0 Å². The largest absolute Gasteiger partial charge is 0.308 e. The maximum absolute atomic E-state index is 4.26. The molecule has 0 aromatic heterocycles. The van der Waals surface area contributed by atoms with Crippen molar-refractivity contribution in [1.82, 2.24) is 5.32 Å². The Bertz CT molecular complexity index is 228. The second-order valence-corrected chi connectivity index (χ2v) is 5.88. The van der Waals surface area contributed by atoms with Crippen molar-refractivity contribution in [1.29, 1.82) is 0 Å². The van der Waals surface area contributed by atoms with E-state index < -0.39 is 0 Å². The second kappa shape index (κ2) is 10.4. The van der Waals surface area contributed by atoms with Crippen LogP contribution in [0.4, 0.5) is 0 Å². The molecule has 18 heavy (non-hydrogen) atoms. The Morgan fingerprint density at radius 1 is 1.06 bits per heavy atom. The number of hydrogen-bond acceptors (Lipinski definition) is 1. The summed E-state index contributed by atoms with van der Waals surface area (Å²) in [5.74, 6) is 0.571. The van der Waals surface area contributed by atoms with Gasteiger partial charge in [-0.2, -0.15) is 0 Å². The number of unbranched alkanes of at least 4 members (excludes halogenated alkanes) is 4. The van der Waals surface area contributed by atoms with Crippen molar-refractivity contribution in [3.63, 3.8) is 0 Å². The van der Waals surface area contributed by atoms with Crippen LogP contribution in [0.15, 0.2) is 24.8 Å². The van der Waals surface area contributed by atoms with Gasteiger partial charge in [0, 0.05) is 12.1 Å². The van der Waals surface area contributed by atoms with Crippen LogP contribution in [0.2, 0.25) is 0 Å². The minimum absolute atomic E-state index is 0.490. The first-order valence-electron chi connectivity index (χ1n) is 7.54. The molecular formula is C17H33N. The van der Waals surface area contributed by atoms with Crippen molar-refractivity contribution in [3.8, 4) is 0 Å². The quantitative estimate of drug-likeness (QED) is 0.398. The lowest BCUT2D eigenvalue weighted by molar-refractivity contribution is 0.438. The van der Waals surface area contributed by atoms with Gasteiger partial charge in [0.05, 0.1) is 0 Å². The highest BCUT2D eigenvalue weighted by Crippen LogP contribution is 2.18. The van der Waals surface area contributed by atoms with Gasteiger partial charge in [-0.15, -0.1) is 6.58 Å². The van der Waals surface area contributed by atoms with Gasteiger partial charge in [0.15, 0.2) is 0 Å². The SMILES string of the molecule is C=CCCCCCCC(NC(C)C)C(=C)C(C)C. The van der Waals surface area contributed by atoms with Crippen LogP contribution in [0.25, 0.3) is 0 Å². The monoisotopic (exact) mass is 251 g/mol. The fourth-order valence-electron chi connectivity index (χ4n) is 2.17. The standard InChI is InChI=1S/C17H33N/c1-7-8-9-10-11-12-13-17(18-15(4)5)16(6)14(2)3/h7,14-15,17-18H,1,6,8-13H2,2-5H3. The summed E-state index contributed by atoms with van der Waals surface area (Å²) in [6, 6.07) is 1.02. The molecule has 0 heterocycles. The lowest BCUT2D eigenvalue weighted by Gasteiger charge is -2.26. The first-order valence-corrected chi connectivity index (χ1v) is 7.54. The third kappa shape index (κ3) is 8.52. The highest BCUT2D eigenvalue weighted by molar-refractivity contribution is 5.08. The van der Waals surface area contributed by atoms with Gasteiger partial charge in [-0.25, -0.2) is 0 Å². The van der Waals surface area contributed by atoms with Crippen molar-refractivity contribution in [2.24, 2.45) is 5.92 Å². The van der Waals surface area contributed by atoms with Crippen molar-refractivity contribution < 1.29 is 0 Å². The summed E-state index contributed by atoms with van der Waals surface area (Å²) in [6.07, 6.45) is 9.65. The van der Waals surface area contributed by atoms with Crippen molar-refractivity contribution in [2.45, 2.75) is 78.3 Å². The molecule has 1 nitrogen and oxygen atoms in total. The fourth-order valence-corrected chi connectivity index (χ4v) is 2.17. The molecule has 0 saturated heterocycles. The summed E-state index contributed by atoms with van der Waals surface area (Å²) in [5.41, 5.74) is 1.36. The molecule has 0 rings (SSSR count).